The van der Waals surface area contributed by atoms with Crippen molar-refractivity contribution in [2.75, 3.05) is 13.1 Å². The first-order valence-electron chi connectivity index (χ1n) is 5.22. The fraction of sp³-hybridized carbons (Fsp3) is 0.889. The lowest BCUT2D eigenvalue weighted by atomic mass is 9.79. The van der Waals surface area contributed by atoms with E-state index in [0.717, 1.165) is 19.3 Å². The number of carbonyl (C=O) groups is 1. The van der Waals surface area contributed by atoms with Gasteiger partial charge in [0.2, 0.25) is 0 Å². The summed E-state index contributed by atoms with van der Waals surface area (Å²) in [6, 6.07) is -0.426. The summed E-state index contributed by atoms with van der Waals surface area (Å²) >= 11 is 0. The van der Waals surface area contributed by atoms with E-state index in [1.165, 1.54) is 0 Å². The molecular weight excluding hydrogens is 196 g/mol. The Morgan fingerprint density at radius 2 is 2.40 bits per heavy atom. The van der Waals surface area contributed by atoms with Gasteiger partial charge in [-0.25, -0.2) is 0 Å². The maximum atomic E-state index is 10.9. The van der Waals surface area contributed by atoms with Crippen molar-refractivity contribution in [3.63, 3.8) is 0 Å². The topological polar surface area (TPSA) is 98.1 Å². The van der Waals surface area contributed by atoms with Crippen LogP contribution < -0.4 is 5.32 Å². The van der Waals surface area contributed by atoms with Crippen LogP contribution in [-0.2, 0) is 4.79 Å². The second-order valence-electron chi connectivity index (χ2n) is 3.77. The Kier molecular flexibility index (Phi) is 4.93. The minimum Gasteiger partial charge on any atom is -0.480 e. The van der Waals surface area contributed by atoms with E-state index in [1.807, 2.05) is 0 Å². The molecule has 6 nitrogen and oxygen atoms in total. The maximum absolute atomic E-state index is 10.9. The van der Waals surface area contributed by atoms with Crippen LogP contribution in [0.1, 0.15) is 25.7 Å². The van der Waals surface area contributed by atoms with Gasteiger partial charge in [-0.2, -0.15) is 0 Å². The zero-order valence-corrected chi connectivity index (χ0v) is 8.59. The van der Waals surface area contributed by atoms with Crippen LogP contribution in [0.5, 0.6) is 0 Å². The molecule has 2 N–H and O–H groups in total. The van der Waals surface area contributed by atoms with Crippen LogP contribution in [0.4, 0.5) is 0 Å². The molecule has 0 bridgehead atoms. The molecule has 1 saturated carbocycles. The molecule has 0 heterocycles. The van der Waals surface area contributed by atoms with Crippen LogP contribution in [0.15, 0.2) is 5.11 Å². The standard InChI is InChI=1S/C9H16N4O2/c10-13-12-6-2-5-11-8(9(14)15)7-3-1-4-7/h7-8,11H,1-6H2,(H,14,15). The number of nitrogens with one attached hydrogen (secondary N) is 1. The van der Waals surface area contributed by atoms with Gasteiger partial charge in [-0.3, -0.25) is 4.79 Å². The second-order valence-corrected chi connectivity index (χ2v) is 3.77. The zero-order valence-electron chi connectivity index (χ0n) is 8.59. The SMILES string of the molecule is [N-]=[N+]=NCCCNC(C(=O)O)C1CCC1. The van der Waals surface area contributed by atoms with E-state index >= 15 is 0 Å². The van der Waals surface area contributed by atoms with Gasteiger partial charge in [0, 0.05) is 11.5 Å². The predicted octanol–water partition coefficient (Wildman–Crippen LogP) is 1.53. The summed E-state index contributed by atoms with van der Waals surface area (Å²) in [5.41, 5.74) is 8.04. The number of rotatable bonds is 7. The van der Waals surface area contributed by atoms with Crippen molar-refractivity contribution in [2.24, 2.45) is 11.0 Å². The number of hydrogen-bond acceptors (Lipinski definition) is 3. The third kappa shape index (κ3) is 3.77. The lowest BCUT2D eigenvalue weighted by Crippen LogP contribution is -2.45. The first-order chi connectivity index (χ1) is 7.25. The van der Waals surface area contributed by atoms with Gasteiger partial charge in [0.1, 0.15) is 6.04 Å². The minimum atomic E-state index is -0.775. The summed E-state index contributed by atoms with van der Waals surface area (Å²) in [6.45, 7) is 1.01. The van der Waals surface area contributed by atoms with Crippen molar-refractivity contribution in [1.82, 2.24) is 5.32 Å². The molecule has 1 atom stereocenters. The Labute approximate surface area is 88.3 Å². The first-order valence-corrected chi connectivity index (χ1v) is 5.22. The summed E-state index contributed by atoms with van der Waals surface area (Å²) < 4.78 is 0. The largest absolute Gasteiger partial charge is 0.480 e. The number of carboxylic acid groups (broad SMARTS) is 1. The molecule has 84 valence electrons. The first kappa shape index (κ1) is 11.8. The van der Waals surface area contributed by atoms with E-state index in [-0.39, 0.29) is 5.92 Å². The summed E-state index contributed by atoms with van der Waals surface area (Å²) in [5.74, 6) is -0.495. The van der Waals surface area contributed by atoms with E-state index in [2.05, 4.69) is 15.3 Å². The van der Waals surface area contributed by atoms with Crippen LogP contribution in [0.3, 0.4) is 0 Å². The Morgan fingerprint density at radius 3 is 2.87 bits per heavy atom. The van der Waals surface area contributed by atoms with Gasteiger partial charge >= 0.3 is 5.97 Å². The quantitative estimate of drug-likeness (QED) is 0.290. The van der Waals surface area contributed by atoms with E-state index in [1.54, 1.807) is 0 Å². The van der Waals surface area contributed by atoms with E-state index in [4.69, 9.17) is 10.6 Å². The lowest BCUT2D eigenvalue weighted by molar-refractivity contribution is -0.141. The highest BCUT2D eigenvalue weighted by Crippen LogP contribution is 2.29. The van der Waals surface area contributed by atoms with Crippen LogP contribution in [-0.4, -0.2) is 30.2 Å². The number of aliphatic carboxylic acids is 1. The number of nitrogens with zero attached hydrogens (tertiary/aromatic N) is 3. The molecule has 15 heavy (non-hydrogen) atoms. The van der Waals surface area contributed by atoms with E-state index in [9.17, 15) is 4.79 Å². The maximum Gasteiger partial charge on any atom is 0.320 e. The molecule has 1 fully saturated rings. The van der Waals surface area contributed by atoms with Crippen LogP contribution in [0.25, 0.3) is 10.4 Å². The van der Waals surface area contributed by atoms with Gasteiger partial charge < -0.3 is 10.4 Å². The summed E-state index contributed by atoms with van der Waals surface area (Å²) in [7, 11) is 0. The van der Waals surface area contributed by atoms with Crippen molar-refractivity contribution in [3.05, 3.63) is 10.4 Å². The lowest BCUT2D eigenvalue weighted by Gasteiger charge is -2.31. The normalized spacial score (nSPS) is 17.6. The van der Waals surface area contributed by atoms with Crippen LogP contribution >= 0.6 is 0 Å². The molecule has 0 spiro atoms. The molecule has 0 aromatic heterocycles. The van der Waals surface area contributed by atoms with Crippen LogP contribution in [0.2, 0.25) is 0 Å². The van der Waals surface area contributed by atoms with Crippen molar-refractivity contribution in [3.8, 4) is 0 Å². The summed E-state index contributed by atoms with van der Waals surface area (Å²) in [4.78, 5) is 13.5. The third-order valence-corrected chi connectivity index (χ3v) is 2.75. The molecule has 1 rings (SSSR count). The molecule has 0 saturated heterocycles. The molecule has 1 aliphatic carbocycles. The van der Waals surface area contributed by atoms with E-state index in [0.29, 0.717) is 19.5 Å². The third-order valence-electron chi connectivity index (χ3n) is 2.75. The van der Waals surface area contributed by atoms with Gasteiger partial charge in [0.15, 0.2) is 0 Å². The van der Waals surface area contributed by atoms with Crippen LogP contribution in [0, 0.1) is 5.92 Å². The average molecular weight is 212 g/mol. The minimum absolute atomic E-state index is 0.280. The van der Waals surface area contributed by atoms with Crippen molar-refractivity contribution >= 4 is 5.97 Å². The summed E-state index contributed by atoms with van der Waals surface area (Å²) in [5, 5.41) is 15.3. The fourth-order valence-corrected chi connectivity index (χ4v) is 1.68. The second kappa shape index (κ2) is 6.27. The number of hydrogen-bond donors (Lipinski definition) is 2. The molecular formula is C9H16N4O2. The van der Waals surface area contributed by atoms with Crippen molar-refractivity contribution in [2.45, 2.75) is 31.7 Å². The van der Waals surface area contributed by atoms with E-state index < -0.39 is 12.0 Å². The zero-order chi connectivity index (χ0) is 11.1. The van der Waals surface area contributed by atoms with Gasteiger partial charge in [0.05, 0.1) is 0 Å². The molecule has 1 aliphatic rings. The van der Waals surface area contributed by atoms with Gasteiger partial charge in [-0.1, -0.05) is 11.5 Å². The molecule has 6 heteroatoms. The Hall–Kier alpha value is -1.26. The smallest absolute Gasteiger partial charge is 0.320 e. The highest BCUT2D eigenvalue weighted by Gasteiger charge is 2.31. The Bertz CT molecular complexity index is 259. The molecule has 0 radical (unpaired) electrons. The molecule has 1 unspecified atom stereocenters. The van der Waals surface area contributed by atoms with Gasteiger partial charge in [0.25, 0.3) is 0 Å². The summed E-state index contributed by atoms with van der Waals surface area (Å²) in [6.07, 6.45) is 3.82. The number of azide groups is 1. The van der Waals surface area contributed by atoms with Crippen molar-refractivity contribution in [1.29, 1.82) is 0 Å². The average Bonchev–Trinajstić information content (AvgIpc) is 2.12. The monoisotopic (exact) mass is 212 g/mol. The highest BCUT2D eigenvalue weighted by molar-refractivity contribution is 5.74. The Balaban J connectivity index is 2.19. The number of carboxylic acids is 1. The molecule has 0 aromatic rings. The molecule has 0 aliphatic heterocycles. The predicted molar refractivity (Wildman–Crippen MR) is 55.4 cm³/mol. The molecule has 0 aromatic carbocycles. The highest BCUT2D eigenvalue weighted by atomic mass is 16.4. The molecule has 0 amide bonds. The van der Waals surface area contributed by atoms with Gasteiger partial charge in [-0.05, 0) is 37.3 Å². The Morgan fingerprint density at radius 1 is 1.67 bits per heavy atom. The van der Waals surface area contributed by atoms with Crippen molar-refractivity contribution < 1.29 is 9.90 Å². The fourth-order valence-electron chi connectivity index (χ4n) is 1.68. The van der Waals surface area contributed by atoms with Gasteiger partial charge in [-0.15, -0.1) is 0 Å².